The van der Waals surface area contributed by atoms with Crippen LogP contribution in [0.1, 0.15) is 12.1 Å². The number of fused-ring (bicyclic) bond motifs is 2. The van der Waals surface area contributed by atoms with Crippen molar-refractivity contribution in [3.05, 3.63) is 58.5 Å². The fourth-order valence-corrected chi connectivity index (χ4v) is 4.26. The summed E-state index contributed by atoms with van der Waals surface area (Å²) in [4.78, 5) is 24.7. The minimum Gasteiger partial charge on any atom is -0.481 e. The number of aliphatic carboxylic acids is 1. The second-order valence-electron chi connectivity index (χ2n) is 6.92. The van der Waals surface area contributed by atoms with Gasteiger partial charge in [-0.15, -0.1) is 0 Å². The first-order valence-corrected chi connectivity index (χ1v) is 8.50. The Morgan fingerprint density at radius 2 is 1.88 bits per heavy atom. The molecular formula is C19H21N3O3. The van der Waals surface area contributed by atoms with Gasteiger partial charge in [-0.3, -0.25) is 14.3 Å². The van der Waals surface area contributed by atoms with Gasteiger partial charge in [-0.1, -0.05) is 30.4 Å². The predicted molar refractivity (Wildman–Crippen MR) is 95.0 cm³/mol. The van der Waals surface area contributed by atoms with E-state index in [1.165, 1.54) is 0 Å². The van der Waals surface area contributed by atoms with E-state index >= 15 is 0 Å². The van der Waals surface area contributed by atoms with Crippen molar-refractivity contribution in [1.29, 1.82) is 0 Å². The average Bonchev–Trinajstić information content (AvgIpc) is 3.25. The van der Waals surface area contributed by atoms with Crippen LogP contribution >= 0.6 is 0 Å². The van der Waals surface area contributed by atoms with E-state index < -0.39 is 11.9 Å². The standard InChI is InChI=1S/C19H21N3O3/c1-11-16(18(23)22(21(11)2)14-6-4-3-5-7-14)20-17-13-9-8-12(10-13)15(17)19(24)25/h3-9,12-13,15,17,20H,10H2,1-2H3,(H,24,25)/t12-,13-,15-,17+/m0/s1. The Morgan fingerprint density at radius 3 is 2.56 bits per heavy atom. The van der Waals surface area contributed by atoms with Gasteiger partial charge in [-0.25, -0.2) is 4.68 Å². The minimum absolute atomic E-state index is 0.0559. The molecule has 4 atom stereocenters. The topological polar surface area (TPSA) is 76.3 Å². The number of benzene rings is 1. The smallest absolute Gasteiger partial charge is 0.309 e. The molecule has 2 aliphatic carbocycles. The van der Waals surface area contributed by atoms with Gasteiger partial charge in [0.15, 0.2) is 0 Å². The Labute approximate surface area is 145 Å². The van der Waals surface area contributed by atoms with Gasteiger partial charge >= 0.3 is 5.97 Å². The molecule has 0 radical (unpaired) electrons. The van der Waals surface area contributed by atoms with Crippen LogP contribution in [0.2, 0.25) is 0 Å². The summed E-state index contributed by atoms with van der Waals surface area (Å²) in [5.41, 5.74) is 1.92. The largest absolute Gasteiger partial charge is 0.481 e. The number of allylic oxidation sites excluding steroid dienone is 1. The number of carboxylic acids is 1. The van der Waals surface area contributed by atoms with Crippen LogP contribution in [0.4, 0.5) is 5.69 Å². The van der Waals surface area contributed by atoms with Gasteiger partial charge in [-0.05, 0) is 37.3 Å². The monoisotopic (exact) mass is 339 g/mol. The Hall–Kier alpha value is -2.76. The first-order valence-electron chi connectivity index (χ1n) is 8.50. The van der Waals surface area contributed by atoms with Crippen molar-refractivity contribution < 1.29 is 9.90 Å². The molecule has 2 aromatic rings. The molecule has 6 nitrogen and oxygen atoms in total. The summed E-state index contributed by atoms with van der Waals surface area (Å²) < 4.78 is 3.41. The number of nitrogens with one attached hydrogen (secondary N) is 1. The molecule has 25 heavy (non-hydrogen) atoms. The maximum Gasteiger partial charge on any atom is 0.309 e. The maximum atomic E-state index is 13.0. The summed E-state index contributed by atoms with van der Waals surface area (Å²) in [6.45, 7) is 1.88. The molecule has 1 fully saturated rings. The molecular weight excluding hydrogens is 318 g/mol. The van der Waals surface area contributed by atoms with Crippen molar-refractivity contribution in [3.63, 3.8) is 0 Å². The lowest BCUT2D eigenvalue weighted by atomic mass is 9.89. The Morgan fingerprint density at radius 1 is 1.20 bits per heavy atom. The number of carboxylic acid groups (broad SMARTS) is 1. The lowest BCUT2D eigenvalue weighted by molar-refractivity contribution is -0.142. The minimum atomic E-state index is -0.800. The quantitative estimate of drug-likeness (QED) is 0.837. The van der Waals surface area contributed by atoms with Crippen LogP contribution in [0.5, 0.6) is 0 Å². The molecule has 2 N–H and O–H groups in total. The van der Waals surface area contributed by atoms with Gasteiger partial charge in [0.1, 0.15) is 5.69 Å². The molecule has 4 rings (SSSR count). The van der Waals surface area contributed by atoms with Crippen molar-refractivity contribution in [1.82, 2.24) is 9.36 Å². The third-order valence-corrected chi connectivity index (χ3v) is 5.61. The summed E-state index contributed by atoms with van der Waals surface area (Å²) in [6.07, 6.45) is 4.92. The normalized spacial score (nSPS) is 27.0. The molecule has 0 unspecified atom stereocenters. The maximum absolute atomic E-state index is 13.0. The van der Waals surface area contributed by atoms with Crippen molar-refractivity contribution in [2.24, 2.45) is 24.8 Å². The van der Waals surface area contributed by atoms with Crippen LogP contribution < -0.4 is 10.9 Å². The van der Waals surface area contributed by atoms with Gasteiger partial charge in [0.2, 0.25) is 0 Å². The zero-order chi connectivity index (χ0) is 17.7. The van der Waals surface area contributed by atoms with E-state index in [1.54, 1.807) is 9.36 Å². The molecule has 1 aromatic carbocycles. The molecule has 6 heteroatoms. The summed E-state index contributed by atoms with van der Waals surface area (Å²) >= 11 is 0. The molecule has 0 amide bonds. The van der Waals surface area contributed by atoms with Crippen LogP contribution in [-0.2, 0) is 11.8 Å². The van der Waals surface area contributed by atoms with E-state index in [0.717, 1.165) is 17.8 Å². The molecule has 1 saturated carbocycles. The molecule has 0 saturated heterocycles. The zero-order valence-corrected chi connectivity index (χ0v) is 14.2. The van der Waals surface area contributed by atoms with Gasteiger partial charge in [0.05, 0.1) is 17.3 Å². The number of aromatic nitrogens is 2. The van der Waals surface area contributed by atoms with Gasteiger partial charge in [0, 0.05) is 13.1 Å². The van der Waals surface area contributed by atoms with Crippen LogP contribution in [0.25, 0.3) is 5.69 Å². The molecule has 1 heterocycles. The highest BCUT2D eigenvalue weighted by molar-refractivity contribution is 5.74. The van der Waals surface area contributed by atoms with E-state index in [-0.39, 0.29) is 23.4 Å². The summed E-state index contributed by atoms with van der Waals surface area (Å²) in [7, 11) is 1.84. The number of anilines is 1. The van der Waals surface area contributed by atoms with Crippen molar-refractivity contribution in [2.45, 2.75) is 19.4 Å². The first-order chi connectivity index (χ1) is 12.0. The lowest BCUT2D eigenvalue weighted by Crippen LogP contribution is -2.39. The van der Waals surface area contributed by atoms with E-state index in [9.17, 15) is 14.7 Å². The molecule has 130 valence electrons. The summed E-state index contributed by atoms with van der Waals surface area (Å²) in [5.74, 6) is -1.07. The Kier molecular flexibility index (Phi) is 3.56. The summed E-state index contributed by atoms with van der Waals surface area (Å²) in [6, 6.07) is 9.19. The second kappa shape index (κ2) is 5.65. The Balaban J connectivity index is 1.74. The van der Waals surface area contributed by atoms with Crippen LogP contribution in [0, 0.1) is 24.7 Å². The second-order valence-corrected chi connectivity index (χ2v) is 6.92. The van der Waals surface area contributed by atoms with Crippen molar-refractivity contribution in [2.75, 3.05) is 5.32 Å². The molecule has 2 aliphatic rings. The van der Waals surface area contributed by atoms with E-state index in [2.05, 4.69) is 11.4 Å². The van der Waals surface area contributed by atoms with Crippen LogP contribution in [0.15, 0.2) is 47.3 Å². The number of para-hydroxylation sites is 1. The van der Waals surface area contributed by atoms with Crippen molar-refractivity contribution in [3.8, 4) is 5.69 Å². The number of hydrogen-bond donors (Lipinski definition) is 2. The van der Waals surface area contributed by atoms with E-state index in [1.807, 2.05) is 50.4 Å². The molecule has 0 spiro atoms. The fourth-order valence-electron chi connectivity index (χ4n) is 4.26. The highest BCUT2D eigenvalue weighted by Gasteiger charge is 2.48. The first kappa shape index (κ1) is 15.7. The van der Waals surface area contributed by atoms with Gasteiger partial charge in [0.25, 0.3) is 5.56 Å². The number of hydrogen-bond acceptors (Lipinski definition) is 3. The Bertz CT molecular complexity index is 910. The lowest BCUT2D eigenvalue weighted by Gasteiger charge is -2.26. The van der Waals surface area contributed by atoms with Crippen LogP contribution in [-0.4, -0.2) is 26.5 Å². The van der Waals surface area contributed by atoms with Crippen molar-refractivity contribution >= 4 is 11.7 Å². The average molecular weight is 339 g/mol. The SMILES string of the molecule is Cc1c(N[C@H]2[C@@H](C(=O)O)[C@H]3C=C[C@H]2C3)c(=O)n(-c2ccccc2)n1C. The van der Waals surface area contributed by atoms with E-state index in [4.69, 9.17) is 0 Å². The highest BCUT2D eigenvalue weighted by atomic mass is 16.4. The summed E-state index contributed by atoms with van der Waals surface area (Å²) in [5, 5.41) is 12.9. The van der Waals surface area contributed by atoms with Crippen LogP contribution in [0.3, 0.4) is 0 Å². The van der Waals surface area contributed by atoms with Gasteiger partial charge in [-0.2, -0.15) is 0 Å². The number of carbonyl (C=O) groups is 1. The molecule has 0 aliphatic heterocycles. The number of nitrogens with zero attached hydrogens (tertiary/aromatic N) is 2. The van der Waals surface area contributed by atoms with Gasteiger partial charge < -0.3 is 10.4 Å². The molecule has 2 bridgehead atoms. The molecule has 1 aromatic heterocycles. The van der Waals surface area contributed by atoms with E-state index in [0.29, 0.717) is 5.69 Å². The third kappa shape index (κ3) is 2.32. The zero-order valence-electron chi connectivity index (χ0n) is 14.2. The third-order valence-electron chi connectivity index (χ3n) is 5.61. The highest BCUT2D eigenvalue weighted by Crippen LogP contribution is 2.45. The predicted octanol–water partition coefficient (Wildman–Crippen LogP) is 2.17. The number of rotatable bonds is 4. The fraction of sp³-hybridized carbons (Fsp3) is 0.368.